The van der Waals surface area contributed by atoms with Gasteiger partial charge in [0, 0.05) is 37.8 Å². The Morgan fingerprint density at radius 3 is 2.68 bits per heavy atom. The Bertz CT molecular complexity index is 400. The minimum atomic E-state index is 0.364. The second kappa shape index (κ2) is 6.92. The number of aromatic hydroxyl groups is 1. The van der Waals surface area contributed by atoms with Gasteiger partial charge in [-0.2, -0.15) is 0 Å². The van der Waals surface area contributed by atoms with Crippen LogP contribution in [0.4, 0.5) is 0 Å². The predicted molar refractivity (Wildman–Crippen MR) is 79.6 cm³/mol. The lowest BCUT2D eigenvalue weighted by molar-refractivity contribution is 0.160. The fourth-order valence-corrected chi connectivity index (χ4v) is 2.86. The summed E-state index contributed by atoms with van der Waals surface area (Å²) in [5.74, 6) is 0.458. The molecule has 1 aliphatic rings. The maximum atomic E-state index is 10.2. The third kappa shape index (κ3) is 3.71. The number of nitrogens with zero attached hydrogens (tertiary/aromatic N) is 1. The molecule has 1 heterocycles. The zero-order valence-electron chi connectivity index (χ0n) is 12.2. The monoisotopic (exact) mass is 262 g/mol. The first-order chi connectivity index (χ1) is 9.22. The van der Waals surface area contributed by atoms with Crippen molar-refractivity contribution in [2.75, 3.05) is 26.2 Å². The van der Waals surface area contributed by atoms with Crippen molar-refractivity contribution in [1.29, 1.82) is 0 Å². The van der Waals surface area contributed by atoms with Gasteiger partial charge in [0.15, 0.2) is 0 Å². The van der Waals surface area contributed by atoms with Gasteiger partial charge in [-0.1, -0.05) is 31.9 Å². The maximum absolute atomic E-state index is 10.2. The van der Waals surface area contributed by atoms with Crippen LogP contribution in [0, 0.1) is 6.92 Å². The molecule has 0 radical (unpaired) electrons. The van der Waals surface area contributed by atoms with Crippen LogP contribution >= 0.6 is 0 Å². The molecule has 106 valence electrons. The van der Waals surface area contributed by atoms with Crippen molar-refractivity contribution in [1.82, 2.24) is 10.2 Å². The van der Waals surface area contributed by atoms with E-state index in [-0.39, 0.29) is 0 Å². The fourth-order valence-electron chi connectivity index (χ4n) is 2.86. The van der Waals surface area contributed by atoms with Crippen LogP contribution in [0.1, 0.15) is 43.4 Å². The number of piperazine rings is 1. The summed E-state index contributed by atoms with van der Waals surface area (Å²) < 4.78 is 0. The summed E-state index contributed by atoms with van der Waals surface area (Å²) in [7, 11) is 0. The molecule has 0 aromatic heterocycles. The van der Waals surface area contributed by atoms with Crippen molar-refractivity contribution in [3.8, 4) is 5.75 Å². The number of unbranched alkanes of at least 4 members (excludes halogenated alkanes) is 1. The standard InChI is InChI=1S/C16H26N2O/c1-3-4-5-15(18-10-8-17-9-11-18)14-7-6-13(2)12-16(14)19/h6-7,12,15,17,19H,3-5,8-11H2,1-2H3/t15-/m1/s1. The molecule has 1 aliphatic heterocycles. The molecule has 1 aromatic rings. The first-order valence-electron chi connectivity index (χ1n) is 7.46. The van der Waals surface area contributed by atoms with Crippen molar-refractivity contribution >= 4 is 0 Å². The minimum absolute atomic E-state index is 0.364. The summed E-state index contributed by atoms with van der Waals surface area (Å²) >= 11 is 0. The van der Waals surface area contributed by atoms with E-state index < -0.39 is 0 Å². The van der Waals surface area contributed by atoms with E-state index in [4.69, 9.17) is 0 Å². The van der Waals surface area contributed by atoms with Crippen molar-refractivity contribution in [3.63, 3.8) is 0 Å². The molecule has 0 bridgehead atoms. The average molecular weight is 262 g/mol. The van der Waals surface area contributed by atoms with Gasteiger partial charge in [-0.05, 0) is 25.0 Å². The largest absolute Gasteiger partial charge is 0.508 e. The quantitative estimate of drug-likeness (QED) is 0.856. The Kier molecular flexibility index (Phi) is 5.23. The molecule has 2 N–H and O–H groups in total. The highest BCUT2D eigenvalue weighted by Gasteiger charge is 2.23. The Morgan fingerprint density at radius 2 is 2.05 bits per heavy atom. The summed E-state index contributed by atoms with van der Waals surface area (Å²) in [5.41, 5.74) is 2.22. The number of hydrogen-bond acceptors (Lipinski definition) is 3. The van der Waals surface area contributed by atoms with Crippen molar-refractivity contribution < 1.29 is 5.11 Å². The SMILES string of the molecule is CCCC[C@H](c1ccc(C)cc1O)N1CCNCC1. The summed E-state index contributed by atoms with van der Waals surface area (Å²) in [6, 6.07) is 6.46. The van der Waals surface area contributed by atoms with E-state index in [2.05, 4.69) is 29.3 Å². The first kappa shape index (κ1) is 14.4. The van der Waals surface area contributed by atoms with E-state index in [0.29, 0.717) is 11.8 Å². The Labute approximate surface area is 116 Å². The second-order valence-corrected chi connectivity index (χ2v) is 5.51. The highest BCUT2D eigenvalue weighted by Crippen LogP contribution is 2.33. The Balaban J connectivity index is 2.19. The van der Waals surface area contributed by atoms with Crippen LogP contribution in [0.5, 0.6) is 5.75 Å². The van der Waals surface area contributed by atoms with Crippen molar-refractivity contribution in [2.24, 2.45) is 0 Å². The van der Waals surface area contributed by atoms with Gasteiger partial charge in [0.2, 0.25) is 0 Å². The number of aryl methyl sites for hydroxylation is 1. The van der Waals surface area contributed by atoms with Crippen molar-refractivity contribution in [3.05, 3.63) is 29.3 Å². The predicted octanol–water partition coefficient (Wildman–Crippen LogP) is 2.84. The lowest BCUT2D eigenvalue weighted by Gasteiger charge is -2.35. The molecule has 0 spiro atoms. The third-order valence-corrected chi connectivity index (χ3v) is 3.97. The normalized spacial score (nSPS) is 18.4. The van der Waals surface area contributed by atoms with Gasteiger partial charge in [-0.25, -0.2) is 0 Å². The van der Waals surface area contributed by atoms with E-state index in [0.717, 1.165) is 43.7 Å². The van der Waals surface area contributed by atoms with Gasteiger partial charge in [-0.15, -0.1) is 0 Å². The fraction of sp³-hybridized carbons (Fsp3) is 0.625. The molecule has 2 rings (SSSR count). The molecule has 0 unspecified atom stereocenters. The van der Waals surface area contributed by atoms with Crippen LogP contribution in [0.2, 0.25) is 0 Å². The van der Waals surface area contributed by atoms with Crippen LogP contribution in [0.15, 0.2) is 18.2 Å². The molecule has 1 saturated heterocycles. The van der Waals surface area contributed by atoms with Crippen LogP contribution in [-0.4, -0.2) is 36.2 Å². The summed E-state index contributed by atoms with van der Waals surface area (Å²) in [6.07, 6.45) is 3.55. The Hall–Kier alpha value is -1.06. The van der Waals surface area contributed by atoms with Crippen LogP contribution in [0.3, 0.4) is 0 Å². The number of phenolic OH excluding ortho intramolecular Hbond substituents is 1. The summed E-state index contributed by atoms with van der Waals surface area (Å²) in [4.78, 5) is 2.51. The minimum Gasteiger partial charge on any atom is -0.508 e. The molecule has 3 nitrogen and oxygen atoms in total. The number of benzene rings is 1. The highest BCUT2D eigenvalue weighted by molar-refractivity contribution is 5.38. The summed E-state index contributed by atoms with van der Waals surface area (Å²) in [5, 5.41) is 13.6. The zero-order valence-corrected chi connectivity index (χ0v) is 12.2. The van der Waals surface area contributed by atoms with Gasteiger partial charge in [0.05, 0.1) is 0 Å². The average Bonchev–Trinajstić information content (AvgIpc) is 2.42. The van der Waals surface area contributed by atoms with Gasteiger partial charge in [-0.3, -0.25) is 4.90 Å². The molecule has 0 saturated carbocycles. The van der Waals surface area contributed by atoms with Gasteiger partial charge in [0.25, 0.3) is 0 Å². The third-order valence-electron chi connectivity index (χ3n) is 3.97. The van der Waals surface area contributed by atoms with Crippen LogP contribution in [0.25, 0.3) is 0 Å². The van der Waals surface area contributed by atoms with E-state index >= 15 is 0 Å². The molecule has 0 amide bonds. The summed E-state index contributed by atoms with van der Waals surface area (Å²) in [6.45, 7) is 8.49. The number of nitrogens with one attached hydrogen (secondary N) is 1. The van der Waals surface area contributed by atoms with Crippen molar-refractivity contribution in [2.45, 2.75) is 39.2 Å². The smallest absolute Gasteiger partial charge is 0.120 e. The molecule has 19 heavy (non-hydrogen) atoms. The second-order valence-electron chi connectivity index (χ2n) is 5.51. The molecule has 1 fully saturated rings. The van der Waals surface area contributed by atoms with Gasteiger partial charge < -0.3 is 10.4 Å². The molecular weight excluding hydrogens is 236 g/mol. The lowest BCUT2D eigenvalue weighted by Crippen LogP contribution is -2.45. The topological polar surface area (TPSA) is 35.5 Å². The molecule has 3 heteroatoms. The highest BCUT2D eigenvalue weighted by atomic mass is 16.3. The lowest BCUT2D eigenvalue weighted by atomic mass is 9.97. The Morgan fingerprint density at radius 1 is 1.32 bits per heavy atom. The molecular formula is C16H26N2O. The van der Waals surface area contributed by atoms with E-state index in [1.54, 1.807) is 0 Å². The number of rotatable bonds is 5. The first-order valence-corrected chi connectivity index (χ1v) is 7.46. The van der Waals surface area contributed by atoms with Gasteiger partial charge in [0.1, 0.15) is 5.75 Å². The molecule has 0 aliphatic carbocycles. The van der Waals surface area contributed by atoms with Crippen LogP contribution < -0.4 is 5.32 Å². The zero-order chi connectivity index (χ0) is 13.7. The molecule has 1 atom stereocenters. The van der Waals surface area contributed by atoms with E-state index in [1.807, 2.05) is 13.0 Å². The van der Waals surface area contributed by atoms with E-state index in [9.17, 15) is 5.11 Å². The number of hydrogen-bond donors (Lipinski definition) is 2. The van der Waals surface area contributed by atoms with Crippen LogP contribution in [-0.2, 0) is 0 Å². The maximum Gasteiger partial charge on any atom is 0.120 e. The number of phenols is 1. The van der Waals surface area contributed by atoms with Gasteiger partial charge >= 0.3 is 0 Å². The molecule has 1 aromatic carbocycles. The van der Waals surface area contributed by atoms with E-state index in [1.165, 1.54) is 12.8 Å².